The summed E-state index contributed by atoms with van der Waals surface area (Å²) in [7, 11) is 0. The molecule has 26 heavy (non-hydrogen) atoms. The Hall–Kier alpha value is -2.30. The predicted octanol–water partition coefficient (Wildman–Crippen LogP) is 3.82. The molecule has 0 radical (unpaired) electrons. The van der Waals surface area contributed by atoms with Crippen molar-refractivity contribution >= 4 is 22.8 Å². The van der Waals surface area contributed by atoms with E-state index in [1.54, 1.807) is 0 Å². The van der Waals surface area contributed by atoms with Crippen molar-refractivity contribution in [1.29, 1.82) is 0 Å². The Morgan fingerprint density at radius 3 is 2.69 bits per heavy atom. The predicted molar refractivity (Wildman–Crippen MR) is 102 cm³/mol. The molecule has 0 spiro atoms. The molecule has 2 heterocycles. The maximum absolute atomic E-state index is 12.4. The number of nitrogens with zero attached hydrogens (tertiary/aromatic N) is 1. The molecule has 1 N–H and O–H groups in total. The van der Waals surface area contributed by atoms with E-state index in [9.17, 15) is 9.59 Å². The number of amides is 1. The number of aromatic amines is 1. The molecule has 3 rings (SSSR count). The van der Waals surface area contributed by atoms with E-state index in [1.165, 1.54) is 10.9 Å². The summed E-state index contributed by atoms with van der Waals surface area (Å²) >= 11 is 0. The lowest BCUT2D eigenvalue weighted by atomic mass is 9.97. The van der Waals surface area contributed by atoms with E-state index in [0.717, 1.165) is 31.2 Å². The fourth-order valence-electron chi connectivity index (χ4n) is 3.96. The zero-order chi connectivity index (χ0) is 18.5. The van der Waals surface area contributed by atoms with Crippen molar-refractivity contribution in [1.82, 2.24) is 9.88 Å². The van der Waals surface area contributed by atoms with Crippen molar-refractivity contribution < 1.29 is 14.3 Å². The smallest absolute Gasteiger partial charge is 0.306 e. The van der Waals surface area contributed by atoms with Crippen LogP contribution in [-0.2, 0) is 20.7 Å². The van der Waals surface area contributed by atoms with E-state index in [0.29, 0.717) is 12.8 Å². The Labute approximate surface area is 154 Å². The van der Waals surface area contributed by atoms with Gasteiger partial charge in [0, 0.05) is 35.6 Å². The van der Waals surface area contributed by atoms with E-state index < -0.39 is 0 Å². The highest BCUT2D eigenvalue weighted by Crippen LogP contribution is 2.23. The van der Waals surface area contributed by atoms with Gasteiger partial charge >= 0.3 is 5.97 Å². The number of carbonyl (C=O) groups is 2. The van der Waals surface area contributed by atoms with Crippen LogP contribution < -0.4 is 0 Å². The molecule has 1 amide bonds. The number of para-hydroxylation sites is 1. The average molecular weight is 356 g/mol. The minimum atomic E-state index is -0.296. The number of aromatic nitrogens is 1. The molecule has 1 aromatic carbocycles. The third-order valence-corrected chi connectivity index (χ3v) is 5.34. The van der Waals surface area contributed by atoms with Crippen molar-refractivity contribution in [2.45, 2.75) is 64.5 Å². The van der Waals surface area contributed by atoms with Crippen LogP contribution in [0.25, 0.3) is 10.9 Å². The molecule has 5 heteroatoms. The molecular weight excluding hydrogens is 328 g/mol. The van der Waals surface area contributed by atoms with Gasteiger partial charge in [-0.25, -0.2) is 0 Å². The fraction of sp³-hybridized carbons (Fsp3) is 0.524. The maximum atomic E-state index is 12.4. The average Bonchev–Trinajstić information content (AvgIpc) is 3.03. The minimum absolute atomic E-state index is 0.0744. The lowest BCUT2D eigenvalue weighted by Gasteiger charge is -2.38. The number of ether oxygens (including phenoxy) is 1. The van der Waals surface area contributed by atoms with Gasteiger partial charge in [-0.05, 0) is 57.6 Å². The van der Waals surface area contributed by atoms with Crippen molar-refractivity contribution in [3.05, 3.63) is 36.0 Å². The van der Waals surface area contributed by atoms with E-state index in [-0.39, 0.29) is 30.6 Å². The van der Waals surface area contributed by atoms with Gasteiger partial charge in [0.1, 0.15) is 0 Å². The minimum Gasteiger partial charge on any atom is -0.456 e. The third-order valence-electron chi connectivity index (χ3n) is 5.34. The number of H-pyrrole nitrogens is 1. The fourth-order valence-corrected chi connectivity index (χ4v) is 3.96. The van der Waals surface area contributed by atoms with Crippen LogP contribution in [0.3, 0.4) is 0 Å². The summed E-state index contributed by atoms with van der Waals surface area (Å²) in [5.74, 6) is -0.370. The van der Waals surface area contributed by atoms with E-state index in [4.69, 9.17) is 4.74 Å². The summed E-state index contributed by atoms with van der Waals surface area (Å²) in [6.45, 7) is 3.99. The molecule has 1 aliphatic heterocycles. The summed E-state index contributed by atoms with van der Waals surface area (Å²) in [4.78, 5) is 29.5. The highest BCUT2D eigenvalue weighted by molar-refractivity contribution is 5.83. The number of benzene rings is 1. The first kappa shape index (κ1) is 18.5. The molecule has 2 aromatic rings. The van der Waals surface area contributed by atoms with Gasteiger partial charge in [-0.15, -0.1) is 0 Å². The van der Waals surface area contributed by atoms with Crippen LogP contribution in [0.4, 0.5) is 0 Å². The lowest BCUT2D eigenvalue weighted by Crippen LogP contribution is -2.49. The van der Waals surface area contributed by atoms with Crippen LogP contribution >= 0.6 is 0 Å². The Morgan fingerprint density at radius 1 is 1.19 bits per heavy atom. The second-order valence-corrected chi connectivity index (χ2v) is 7.30. The molecule has 0 bridgehead atoms. The number of carbonyl (C=O) groups excluding carboxylic acids is 2. The maximum Gasteiger partial charge on any atom is 0.306 e. The zero-order valence-electron chi connectivity index (χ0n) is 15.7. The second-order valence-electron chi connectivity index (χ2n) is 7.30. The Balaban J connectivity index is 1.42. The number of nitrogens with one attached hydrogen (secondary N) is 1. The van der Waals surface area contributed by atoms with Crippen LogP contribution in [0.1, 0.15) is 51.5 Å². The lowest BCUT2D eigenvalue weighted by molar-refractivity contribution is -0.154. The number of hydrogen-bond acceptors (Lipinski definition) is 3. The summed E-state index contributed by atoms with van der Waals surface area (Å²) in [6, 6.07) is 8.60. The molecule has 140 valence electrons. The number of fused-ring (bicyclic) bond motifs is 1. The Kier molecular flexibility index (Phi) is 5.96. The Morgan fingerprint density at radius 2 is 1.92 bits per heavy atom. The van der Waals surface area contributed by atoms with Crippen LogP contribution in [0.2, 0.25) is 0 Å². The quantitative estimate of drug-likeness (QED) is 0.800. The first-order valence-electron chi connectivity index (χ1n) is 9.58. The summed E-state index contributed by atoms with van der Waals surface area (Å²) in [6.07, 6.45) is 7.05. The molecule has 1 aromatic heterocycles. The molecule has 1 saturated heterocycles. The number of hydrogen-bond donors (Lipinski definition) is 1. The monoisotopic (exact) mass is 356 g/mol. The number of esters is 1. The van der Waals surface area contributed by atoms with E-state index >= 15 is 0 Å². The molecule has 0 unspecified atom stereocenters. The largest absolute Gasteiger partial charge is 0.456 e. The van der Waals surface area contributed by atoms with E-state index in [1.807, 2.05) is 29.3 Å². The molecule has 0 saturated carbocycles. The van der Waals surface area contributed by atoms with Crippen molar-refractivity contribution in [2.75, 3.05) is 6.61 Å². The molecular formula is C21H28N2O3. The highest BCUT2D eigenvalue weighted by atomic mass is 16.5. The molecule has 0 aliphatic carbocycles. The van der Waals surface area contributed by atoms with Gasteiger partial charge in [-0.3, -0.25) is 9.59 Å². The first-order valence-corrected chi connectivity index (χ1v) is 9.58. The highest BCUT2D eigenvalue weighted by Gasteiger charge is 2.29. The number of likely N-dealkylation sites (tertiary alicyclic amines) is 1. The SMILES string of the molecule is C[C@@H]1CCC[C@H](C)N1C(=O)COC(=O)CCCc1c[nH]c2ccccc12. The third kappa shape index (κ3) is 4.26. The van der Waals surface area contributed by atoms with Gasteiger partial charge < -0.3 is 14.6 Å². The summed E-state index contributed by atoms with van der Waals surface area (Å²) in [5.41, 5.74) is 2.32. The van der Waals surface area contributed by atoms with Gasteiger partial charge in [0.05, 0.1) is 0 Å². The standard InChI is InChI=1S/C21H28N2O3/c1-15-7-5-8-16(2)23(15)20(24)14-26-21(25)12-6-9-17-13-22-19-11-4-3-10-18(17)19/h3-4,10-11,13,15-16,22H,5-9,12,14H2,1-2H3/t15-,16+. The van der Waals surface area contributed by atoms with Crippen LogP contribution in [0.5, 0.6) is 0 Å². The second kappa shape index (κ2) is 8.39. The van der Waals surface area contributed by atoms with Crippen molar-refractivity contribution in [3.8, 4) is 0 Å². The normalized spacial score (nSPS) is 20.3. The van der Waals surface area contributed by atoms with Crippen LogP contribution in [0.15, 0.2) is 30.5 Å². The van der Waals surface area contributed by atoms with Gasteiger partial charge in [0.15, 0.2) is 6.61 Å². The number of rotatable bonds is 6. The zero-order valence-corrected chi connectivity index (χ0v) is 15.7. The topological polar surface area (TPSA) is 62.4 Å². The van der Waals surface area contributed by atoms with Crippen molar-refractivity contribution in [2.24, 2.45) is 0 Å². The first-order chi connectivity index (χ1) is 12.6. The molecule has 2 atom stereocenters. The Bertz CT molecular complexity index is 757. The van der Waals surface area contributed by atoms with Gasteiger partial charge in [0.2, 0.25) is 0 Å². The number of aryl methyl sites for hydroxylation is 1. The van der Waals surface area contributed by atoms with Gasteiger partial charge in [-0.2, -0.15) is 0 Å². The van der Waals surface area contributed by atoms with Crippen molar-refractivity contribution in [3.63, 3.8) is 0 Å². The van der Waals surface area contributed by atoms with Gasteiger partial charge in [-0.1, -0.05) is 18.2 Å². The van der Waals surface area contributed by atoms with E-state index in [2.05, 4.69) is 24.9 Å². The number of piperidine rings is 1. The molecule has 1 aliphatic rings. The summed E-state index contributed by atoms with van der Waals surface area (Å²) in [5, 5.41) is 1.20. The summed E-state index contributed by atoms with van der Waals surface area (Å²) < 4.78 is 5.22. The molecule has 5 nitrogen and oxygen atoms in total. The molecule has 1 fully saturated rings. The van der Waals surface area contributed by atoms with Gasteiger partial charge in [0.25, 0.3) is 5.91 Å². The van der Waals surface area contributed by atoms with Crippen LogP contribution in [0, 0.1) is 0 Å². The van der Waals surface area contributed by atoms with Crippen LogP contribution in [-0.4, -0.2) is 40.5 Å².